The van der Waals surface area contributed by atoms with E-state index in [0.29, 0.717) is 6.42 Å². The van der Waals surface area contributed by atoms with Crippen molar-refractivity contribution in [2.75, 3.05) is 0 Å². The third-order valence-electron chi connectivity index (χ3n) is 6.18. The second kappa shape index (κ2) is 8.19. The van der Waals surface area contributed by atoms with E-state index < -0.39 is 7.14 Å². The molecular formula is C25H23O3PSe. The van der Waals surface area contributed by atoms with E-state index in [1.54, 1.807) is 0 Å². The first-order valence-corrected chi connectivity index (χ1v) is 13.9. The van der Waals surface area contributed by atoms with Gasteiger partial charge in [0.15, 0.2) is 0 Å². The Balaban J connectivity index is 1.64. The first kappa shape index (κ1) is 19.8. The molecule has 1 saturated heterocycles. The molecule has 152 valence electrons. The van der Waals surface area contributed by atoms with E-state index in [9.17, 15) is 4.79 Å². The Hall–Kier alpha value is -2.12. The molecule has 0 aromatic heterocycles. The molecule has 1 aliphatic carbocycles. The summed E-state index contributed by atoms with van der Waals surface area (Å²) in [5.74, 6) is -0.132. The minimum absolute atomic E-state index is 0.0133. The molecule has 1 aliphatic heterocycles. The fourth-order valence-corrected chi connectivity index (χ4v) is 12.7. The molecule has 0 radical (unpaired) electrons. The summed E-state index contributed by atoms with van der Waals surface area (Å²) in [4.78, 5) is 12.4. The van der Waals surface area contributed by atoms with Crippen molar-refractivity contribution in [1.29, 1.82) is 0 Å². The van der Waals surface area contributed by atoms with Crippen LogP contribution in [0.25, 0.3) is 0 Å². The molecule has 3 aromatic rings. The third-order valence-corrected chi connectivity index (χ3v) is 13.1. The zero-order chi connectivity index (χ0) is 20.6. The molecule has 1 saturated carbocycles. The van der Waals surface area contributed by atoms with Gasteiger partial charge in [0, 0.05) is 0 Å². The van der Waals surface area contributed by atoms with Crippen molar-refractivity contribution >= 4 is 43.1 Å². The van der Waals surface area contributed by atoms with Crippen LogP contribution in [0.3, 0.4) is 0 Å². The molecule has 0 amide bonds. The molecule has 5 heteroatoms. The van der Waals surface area contributed by atoms with Gasteiger partial charge in [-0.3, -0.25) is 0 Å². The normalized spacial score (nSPS) is 25.7. The zero-order valence-electron chi connectivity index (χ0n) is 16.5. The number of hydrogen-bond donors (Lipinski definition) is 0. The molecule has 1 heterocycles. The maximum absolute atomic E-state index is 15.1. The van der Waals surface area contributed by atoms with E-state index in [1.807, 2.05) is 66.7 Å². The van der Waals surface area contributed by atoms with Crippen molar-refractivity contribution in [3.05, 3.63) is 91.0 Å². The van der Waals surface area contributed by atoms with Crippen LogP contribution in [-0.4, -0.2) is 32.7 Å². The van der Waals surface area contributed by atoms with Crippen LogP contribution in [-0.2, 0) is 14.1 Å². The summed E-state index contributed by atoms with van der Waals surface area (Å²) in [6, 6.07) is 30.2. The summed E-state index contributed by atoms with van der Waals surface area (Å²) >= 11 is 0.155. The Morgan fingerprint density at radius 2 is 1.33 bits per heavy atom. The van der Waals surface area contributed by atoms with Crippen molar-refractivity contribution in [2.45, 2.75) is 29.4 Å². The number of esters is 1. The van der Waals surface area contributed by atoms with Crippen LogP contribution in [0.5, 0.6) is 0 Å². The van der Waals surface area contributed by atoms with Crippen molar-refractivity contribution in [1.82, 2.24) is 0 Å². The second-order valence-electron chi connectivity index (χ2n) is 7.92. The second-order valence-corrected chi connectivity index (χ2v) is 13.6. The fraction of sp³-hybridized carbons (Fsp3) is 0.240. The van der Waals surface area contributed by atoms with Crippen LogP contribution in [0.1, 0.15) is 12.8 Å². The SMILES string of the molecule is O=C1C[C@H]2[C@H](P(=O)(c3ccccc3)c3ccccc3)[C@@H]([Se]c3ccccc3)C[C@H]2O1. The fourth-order valence-electron chi connectivity index (χ4n) is 4.92. The van der Waals surface area contributed by atoms with Crippen molar-refractivity contribution in [3.8, 4) is 0 Å². The first-order valence-electron chi connectivity index (χ1n) is 10.3. The molecule has 3 aromatic carbocycles. The van der Waals surface area contributed by atoms with Crippen LogP contribution in [0.4, 0.5) is 0 Å². The van der Waals surface area contributed by atoms with Gasteiger partial charge in [-0.2, -0.15) is 0 Å². The average molecular weight is 481 g/mol. The molecule has 30 heavy (non-hydrogen) atoms. The number of rotatable bonds is 5. The van der Waals surface area contributed by atoms with Gasteiger partial charge in [-0.05, 0) is 0 Å². The van der Waals surface area contributed by atoms with Gasteiger partial charge in [0.25, 0.3) is 0 Å². The molecule has 5 rings (SSSR count). The van der Waals surface area contributed by atoms with Gasteiger partial charge in [0.1, 0.15) is 0 Å². The summed E-state index contributed by atoms with van der Waals surface area (Å²) in [6.07, 6.45) is 1.07. The summed E-state index contributed by atoms with van der Waals surface area (Å²) < 4.78 is 22.1. The van der Waals surface area contributed by atoms with E-state index >= 15 is 4.57 Å². The Morgan fingerprint density at radius 3 is 1.90 bits per heavy atom. The molecule has 4 atom stereocenters. The van der Waals surface area contributed by atoms with E-state index in [2.05, 4.69) is 24.3 Å². The average Bonchev–Trinajstić information content (AvgIpc) is 3.30. The molecular weight excluding hydrogens is 458 g/mol. The Kier molecular flexibility index (Phi) is 5.41. The van der Waals surface area contributed by atoms with Gasteiger partial charge in [-0.1, -0.05) is 0 Å². The predicted molar refractivity (Wildman–Crippen MR) is 122 cm³/mol. The minimum atomic E-state index is -2.98. The van der Waals surface area contributed by atoms with Gasteiger partial charge < -0.3 is 0 Å². The van der Waals surface area contributed by atoms with E-state index in [1.165, 1.54) is 4.46 Å². The summed E-state index contributed by atoms with van der Waals surface area (Å²) in [7, 11) is -2.98. The molecule has 0 N–H and O–H groups in total. The Morgan fingerprint density at radius 1 is 0.800 bits per heavy atom. The Labute approximate surface area is 183 Å². The third kappa shape index (κ3) is 3.48. The van der Waals surface area contributed by atoms with Gasteiger partial charge in [0.2, 0.25) is 0 Å². The van der Waals surface area contributed by atoms with Gasteiger partial charge >= 0.3 is 184 Å². The topological polar surface area (TPSA) is 43.4 Å². The van der Waals surface area contributed by atoms with Crippen molar-refractivity contribution in [3.63, 3.8) is 0 Å². The predicted octanol–water partition coefficient (Wildman–Crippen LogP) is 3.52. The van der Waals surface area contributed by atoms with Crippen LogP contribution >= 0.6 is 7.14 Å². The number of hydrogen-bond acceptors (Lipinski definition) is 3. The maximum atomic E-state index is 15.1. The first-order chi connectivity index (χ1) is 14.7. The van der Waals surface area contributed by atoms with E-state index in [4.69, 9.17) is 4.74 Å². The molecule has 2 aliphatic rings. The van der Waals surface area contributed by atoms with Gasteiger partial charge in [-0.25, -0.2) is 0 Å². The van der Waals surface area contributed by atoms with E-state index in [-0.39, 0.29) is 43.4 Å². The summed E-state index contributed by atoms with van der Waals surface area (Å²) in [5, 5.41) is 1.77. The van der Waals surface area contributed by atoms with Crippen LogP contribution in [0.15, 0.2) is 91.0 Å². The number of fused-ring (bicyclic) bond motifs is 1. The zero-order valence-corrected chi connectivity index (χ0v) is 19.1. The van der Waals surface area contributed by atoms with Crippen molar-refractivity contribution in [2.24, 2.45) is 5.92 Å². The van der Waals surface area contributed by atoms with Crippen LogP contribution in [0.2, 0.25) is 4.82 Å². The Bertz CT molecular complexity index is 1030. The van der Waals surface area contributed by atoms with Gasteiger partial charge in [0.05, 0.1) is 0 Å². The number of carbonyl (C=O) groups excluding carboxylic acids is 1. The number of carbonyl (C=O) groups is 1. The molecule has 0 spiro atoms. The molecule has 3 nitrogen and oxygen atoms in total. The van der Waals surface area contributed by atoms with Gasteiger partial charge in [-0.15, -0.1) is 0 Å². The summed E-state index contributed by atoms with van der Waals surface area (Å²) in [5.41, 5.74) is -0.0843. The monoisotopic (exact) mass is 482 g/mol. The number of ether oxygens (including phenoxy) is 1. The van der Waals surface area contributed by atoms with Crippen molar-refractivity contribution < 1.29 is 14.1 Å². The molecule has 0 bridgehead atoms. The quantitative estimate of drug-likeness (QED) is 0.318. The number of benzene rings is 3. The van der Waals surface area contributed by atoms with Crippen LogP contribution in [0, 0.1) is 5.92 Å². The molecule has 0 unspecified atom stereocenters. The van der Waals surface area contributed by atoms with E-state index in [0.717, 1.165) is 17.0 Å². The molecule has 2 fully saturated rings. The van der Waals surface area contributed by atoms with Crippen LogP contribution < -0.4 is 15.1 Å². The summed E-state index contributed by atoms with van der Waals surface area (Å²) in [6.45, 7) is 0. The standard InChI is InChI=1S/C25H23O3PSe/c26-24-16-21-22(28-24)17-23(30-20-14-8-3-9-15-20)25(21)29(27,18-10-4-1-5-11-18)19-12-6-2-7-13-19/h1-15,21-23,25H,16-17H2/t21-,22-,23+,25+/m1/s1.